The van der Waals surface area contributed by atoms with Crippen LogP contribution in [0.3, 0.4) is 0 Å². The second kappa shape index (κ2) is 12.4. The number of alkyl halides is 3. The van der Waals surface area contributed by atoms with Crippen molar-refractivity contribution in [2.24, 2.45) is 10.9 Å². The maximum atomic E-state index is 12.5. The molecule has 1 aliphatic rings. The zero-order valence-electron chi connectivity index (χ0n) is 16.4. The number of methoxy groups -OCH3 is 1. The number of rotatable bonds is 8. The van der Waals surface area contributed by atoms with Crippen molar-refractivity contribution in [3.05, 3.63) is 29.8 Å². The number of benzene rings is 1. The molecule has 1 aliphatic heterocycles. The molecule has 5 nitrogen and oxygen atoms in total. The van der Waals surface area contributed by atoms with E-state index in [1.165, 1.54) is 4.90 Å². The molecule has 0 amide bonds. The maximum Gasteiger partial charge on any atom is 0.401 e. The van der Waals surface area contributed by atoms with Crippen LogP contribution in [-0.4, -0.2) is 63.4 Å². The first-order valence-electron chi connectivity index (χ1n) is 9.34. The monoisotopic (exact) mass is 514 g/mol. The average Bonchev–Trinajstić information content (AvgIpc) is 3.05. The van der Waals surface area contributed by atoms with Crippen molar-refractivity contribution in [1.29, 1.82) is 0 Å². The van der Waals surface area contributed by atoms with E-state index in [0.717, 1.165) is 30.7 Å². The molecule has 9 heteroatoms. The molecule has 1 fully saturated rings. The normalized spacial score (nSPS) is 17.9. The number of halogens is 4. The lowest BCUT2D eigenvalue weighted by Gasteiger charge is -2.17. The predicted molar refractivity (Wildman–Crippen MR) is 117 cm³/mol. The van der Waals surface area contributed by atoms with Crippen LogP contribution in [0.1, 0.15) is 18.9 Å². The Labute approximate surface area is 182 Å². The molecule has 2 N–H and O–H groups in total. The molecule has 2 rings (SSSR count). The smallest absolute Gasteiger partial charge is 0.401 e. The van der Waals surface area contributed by atoms with E-state index in [0.29, 0.717) is 32.1 Å². The number of ether oxygens (including phenoxy) is 1. The van der Waals surface area contributed by atoms with Gasteiger partial charge in [0.15, 0.2) is 5.96 Å². The third kappa shape index (κ3) is 8.85. The number of likely N-dealkylation sites (tertiary alicyclic amines) is 1. The van der Waals surface area contributed by atoms with Crippen LogP contribution in [0, 0.1) is 5.92 Å². The van der Waals surface area contributed by atoms with Crippen molar-refractivity contribution >= 4 is 29.9 Å². The Balaban J connectivity index is 0.00000392. The molecule has 1 atom stereocenters. The molecular weight excluding hydrogens is 484 g/mol. The van der Waals surface area contributed by atoms with Crippen LogP contribution < -0.4 is 15.4 Å². The summed E-state index contributed by atoms with van der Waals surface area (Å²) in [7, 11) is 1.65. The quantitative estimate of drug-likeness (QED) is 0.318. The molecule has 1 unspecified atom stereocenters. The van der Waals surface area contributed by atoms with Gasteiger partial charge in [0.1, 0.15) is 5.75 Å². The average molecular weight is 514 g/mol. The molecule has 0 saturated carbocycles. The minimum absolute atomic E-state index is 0. The van der Waals surface area contributed by atoms with Crippen molar-refractivity contribution < 1.29 is 17.9 Å². The Bertz CT molecular complexity index is 613. The number of hydrogen-bond donors (Lipinski definition) is 2. The van der Waals surface area contributed by atoms with Gasteiger partial charge in [-0.1, -0.05) is 18.2 Å². The van der Waals surface area contributed by atoms with E-state index in [-0.39, 0.29) is 29.9 Å². The van der Waals surface area contributed by atoms with Gasteiger partial charge >= 0.3 is 6.18 Å². The molecular formula is C19H30F3IN4O. The summed E-state index contributed by atoms with van der Waals surface area (Å²) in [6.45, 7) is 4.03. The summed E-state index contributed by atoms with van der Waals surface area (Å²) < 4.78 is 42.8. The van der Waals surface area contributed by atoms with Crippen LogP contribution in [0.2, 0.25) is 0 Å². The summed E-state index contributed by atoms with van der Waals surface area (Å²) in [4.78, 5) is 6.02. The number of hydrogen-bond acceptors (Lipinski definition) is 3. The topological polar surface area (TPSA) is 48.9 Å². The fourth-order valence-electron chi connectivity index (χ4n) is 3.25. The standard InChI is InChI=1S/C19H29F3N4O.HI/c1-3-23-18(24-10-8-16-6-4-5-7-17(16)27-2)25-12-15-9-11-26(13-15)14-19(20,21)22;/h4-7,15H,3,8-14H2,1-2H3,(H2,23,24,25);1H. The highest BCUT2D eigenvalue weighted by molar-refractivity contribution is 14.0. The first kappa shape index (κ1) is 24.8. The van der Waals surface area contributed by atoms with Gasteiger partial charge in [0, 0.05) is 26.2 Å². The third-order valence-electron chi connectivity index (χ3n) is 4.50. The third-order valence-corrected chi connectivity index (χ3v) is 4.50. The molecule has 0 radical (unpaired) electrons. The molecule has 0 bridgehead atoms. The van der Waals surface area contributed by atoms with Gasteiger partial charge in [-0.05, 0) is 43.9 Å². The van der Waals surface area contributed by atoms with Gasteiger partial charge in [0.05, 0.1) is 13.7 Å². The van der Waals surface area contributed by atoms with Crippen LogP contribution >= 0.6 is 24.0 Å². The first-order chi connectivity index (χ1) is 12.9. The van der Waals surface area contributed by atoms with Crippen molar-refractivity contribution in [3.8, 4) is 5.75 Å². The van der Waals surface area contributed by atoms with Crippen LogP contribution in [0.4, 0.5) is 13.2 Å². The maximum absolute atomic E-state index is 12.5. The van der Waals surface area contributed by atoms with Gasteiger partial charge in [0.25, 0.3) is 0 Å². The summed E-state index contributed by atoms with van der Waals surface area (Å²) in [6, 6.07) is 7.87. The van der Waals surface area contributed by atoms with E-state index in [1.54, 1.807) is 7.11 Å². The zero-order chi connectivity index (χ0) is 19.7. The van der Waals surface area contributed by atoms with Crippen LogP contribution in [0.25, 0.3) is 0 Å². The largest absolute Gasteiger partial charge is 0.496 e. The van der Waals surface area contributed by atoms with Crippen molar-refractivity contribution in [1.82, 2.24) is 15.5 Å². The lowest BCUT2D eigenvalue weighted by atomic mass is 10.1. The van der Waals surface area contributed by atoms with E-state index < -0.39 is 12.7 Å². The summed E-state index contributed by atoms with van der Waals surface area (Å²) >= 11 is 0. The number of nitrogens with one attached hydrogen (secondary N) is 2. The number of aliphatic imine (C=N–C) groups is 1. The fourth-order valence-corrected chi connectivity index (χ4v) is 3.25. The Morgan fingerprint density at radius 1 is 1.29 bits per heavy atom. The summed E-state index contributed by atoms with van der Waals surface area (Å²) in [5, 5.41) is 6.47. The second-order valence-electron chi connectivity index (χ2n) is 6.71. The van der Waals surface area contributed by atoms with E-state index in [1.807, 2.05) is 31.2 Å². The van der Waals surface area contributed by atoms with Gasteiger partial charge in [0.2, 0.25) is 0 Å². The highest BCUT2D eigenvalue weighted by Crippen LogP contribution is 2.23. The van der Waals surface area contributed by atoms with E-state index in [9.17, 15) is 13.2 Å². The highest BCUT2D eigenvalue weighted by atomic mass is 127. The first-order valence-corrected chi connectivity index (χ1v) is 9.34. The van der Waals surface area contributed by atoms with E-state index in [4.69, 9.17) is 4.74 Å². The van der Waals surface area contributed by atoms with Gasteiger partial charge < -0.3 is 15.4 Å². The molecule has 0 aromatic heterocycles. The van der Waals surface area contributed by atoms with E-state index >= 15 is 0 Å². The Morgan fingerprint density at radius 3 is 2.71 bits per heavy atom. The molecule has 1 heterocycles. The molecule has 0 aliphatic carbocycles. The number of nitrogens with zero attached hydrogens (tertiary/aromatic N) is 2. The van der Waals surface area contributed by atoms with Crippen molar-refractivity contribution in [2.75, 3.05) is 46.4 Å². The second-order valence-corrected chi connectivity index (χ2v) is 6.71. The molecule has 1 aromatic rings. The zero-order valence-corrected chi connectivity index (χ0v) is 18.7. The minimum Gasteiger partial charge on any atom is -0.496 e. The molecule has 160 valence electrons. The Hall–Kier alpha value is -1.23. The van der Waals surface area contributed by atoms with Crippen molar-refractivity contribution in [3.63, 3.8) is 0 Å². The SMILES string of the molecule is CCNC(=NCC1CCN(CC(F)(F)F)C1)NCCc1ccccc1OC.I. The Morgan fingerprint density at radius 2 is 2.04 bits per heavy atom. The highest BCUT2D eigenvalue weighted by Gasteiger charge is 2.34. The fraction of sp³-hybridized carbons (Fsp3) is 0.632. The summed E-state index contributed by atoms with van der Waals surface area (Å²) in [5.74, 6) is 1.72. The van der Waals surface area contributed by atoms with Gasteiger partial charge in [-0.3, -0.25) is 9.89 Å². The van der Waals surface area contributed by atoms with Crippen molar-refractivity contribution in [2.45, 2.75) is 25.9 Å². The molecule has 28 heavy (non-hydrogen) atoms. The van der Waals surface area contributed by atoms with Gasteiger partial charge in [-0.15, -0.1) is 24.0 Å². The lowest BCUT2D eigenvalue weighted by molar-refractivity contribution is -0.143. The lowest BCUT2D eigenvalue weighted by Crippen LogP contribution is -2.39. The van der Waals surface area contributed by atoms with E-state index in [2.05, 4.69) is 15.6 Å². The molecule has 0 spiro atoms. The molecule has 1 aromatic carbocycles. The summed E-state index contributed by atoms with van der Waals surface area (Å²) in [5.41, 5.74) is 1.11. The van der Waals surface area contributed by atoms with Gasteiger partial charge in [-0.25, -0.2) is 0 Å². The number of guanidine groups is 1. The minimum atomic E-state index is -4.13. The van der Waals surface area contributed by atoms with Gasteiger partial charge in [-0.2, -0.15) is 13.2 Å². The molecule has 1 saturated heterocycles. The van der Waals surface area contributed by atoms with Crippen LogP contribution in [0.5, 0.6) is 5.75 Å². The Kier molecular flexibility index (Phi) is 10.9. The van der Waals surface area contributed by atoms with Crippen LogP contribution in [0.15, 0.2) is 29.3 Å². The van der Waals surface area contributed by atoms with Crippen LogP contribution in [-0.2, 0) is 6.42 Å². The summed E-state index contributed by atoms with van der Waals surface area (Å²) in [6.07, 6.45) is -2.59. The predicted octanol–water partition coefficient (Wildman–Crippen LogP) is 3.30. The number of para-hydroxylation sites is 1.